The lowest BCUT2D eigenvalue weighted by Crippen LogP contribution is -2.47. The molecule has 0 bridgehead atoms. The highest BCUT2D eigenvalue weighted by Crippen LogP contribution is 2.17. The fraction of sp³-hybridized carbons (Fsp3) is 0.471. The fourth-order valence-electron chi connectivity index (χ4n) is 2.81. The molecule has 0 aliphatic carbocycles. The number of nitrogens with one attached hydrogen (secondary N) is 2. The molecule has 1 fully saturated rings. The second-order valence-electron chi connectivity index (χ2n) is 5.97. The van der Waals surface area contributed by atoms with Crippen LogP contribution in [0.5, 0.6) is 0 Å². The molecule has 2 N–H and O–H groups in total. The fourth-order valence-corrected chi connectivity index (χ4v) is 3.77. The molecule has 2 aromatic rings. The molecule has 7 heteroatoms. The molecule has 3 rings (SSSR count). The van der Waals surface area contributed by atoms with Crippen LogP contribution in [0.1, 0.15) is 18.4 Å². The molecule has 1 aromatic heterocycles. The summed E-state index contributed by atoms with van der Waals surface area (Å²) in [6.45, 7) is 3.40. The smallest absolute Gasteiger partial charge is 0.243 e. The van der Waals surface area contributed by atoms with Gasteiger partial charge in [0.25, 0.3) is 0 Å². The summed E-state index contributed by atoms with van der Waals surface area (Å²) in [6.07, 6.45) is 3.17. The molecule has 1 aromatic carbocycles. The second-order valence-corrected chi connectivity index (χ2v) is 7.11. The molecular weight excluding hydrogens is 324 g/mol. The Hall–Kier alpha value is -2.02. The number of benzene rings is 1. The van der Waals surface area contributed by atoms with Crippen molar-refractivity contribution in [1.82, 2.24) is 20.4 Å². The van der Waals surface area contributed by atoms with Crippen LogP contribution in [0.25, 0.3) is 10.9 Å². The summed E-state index contributed by atoms with van der Waals surface area (Å²) in [7, 11) is 0. The number of amides is 2. The summed E-state index contributed by atoms with van der Waals surface area (Å²) in [5.74, 6) is 1.28. The molecule has 0 saturated carbocycles. The van der Waals surface area contributed by atoms with E-state index in [0.29, 0.717) is 18.7 Å². The van der Waals surface area contributed by atoms with Crippen LogP contribution < -0.4 is 10.6 Å². The van der Waals surface area contributed by atoms with Gasteiger partial charge in [-0.1, -0.05) is 12.1 Å². The maximum Gasteiger partial charge on any atom is 0.243 e. The largest absolute Gasteiger partial charge is 0.354 e. The van der Waals surface area contributed by atoms with E-state index in [0.717, 1.165) is 24.2 Å². The highest BCUT2D eigenvalue weighted by atomic mass is 32.2. The van der Waals surface area contributed by atoms with E-state index in [2.05, 4.69) is 34.8 Å². The van der Waals surface area contributed by atoms with Crippen molar-refractivity contribution >= 4 is 34.5 Å². The SMILES string of the molecule is Cc1cccc2c1cnn2CCCNC(=O)[C@H]1CSCCC(=O)N1. The third kappa shape index (κ3) is 3.90. The van der Waals surface area contributed by atoms with Crippen molar-refractivity contribution in [2.45, 2.75) is 32.4 Å². The average molecular weight is 346 g/mol. The van der Waals surface area contributed by atoms with Crippen molar-refractivity contribution in [3.8, 4) is 0 Å². The molecule has 0 unspecified atom stereocenters. The minimum absolute atomic E-state index is 0.0430. The Bertz CT molecular complexity index is 743. The first-order valence-corrected chi connectivity index (χ1v) is 9.36. The molecule has 0 spiro atoms. The quantitative estimate of drug-likeness (QED) is 0.804. The summed E-state index contributed by atoms with van der Waals surface area (Å²) in [5, 5.41) is 11.3. The number of hydrogen-bond donors (Lipinski definition) is 2. The van der Waals surface area contributed by atoms with E-state index in [1.54, 1.807) is 11.8 Å². The van der Waals surface area contributed by atoms with Crippen LogP contribution in [-0.4, -0.2) is 45.7 Å². The van der Waals surface area contributed by atoms with Gasteiger partial charge in [-0.15, -0.1) is 0 Å². The molecular formula is C17H22N4O2S. The number of aromatic nitrogens is 2. The summed E-state index contributed by atoms with van der Waals surface area (Å²) in [4.78, 5) is 23.7. The molecule has 24 heavy (non-hydrogen) atoms. The maximum absolute atomic E-state index is 12.2. The van der Waals surface area contributed by atoms with Crippen molar-refractivity contribution in [2.75, 3.05) is 18.1 Å². The number of rotatable bonds is 5. The van der Waals surface area contributed by atoms with Gasteiger partial charge in [-0.25, -0.2) is 0 Å². The summed E-state index contributed by atoms with van der Waals surface area (Å²) in [5.41, 5.74) is 2.34. The van der Waals surface area contributed by atoms with E-state index in [1.807, 2.05) is 16.9 Å². The zero-order valence-corrected chi connectivity index (χ0v) is 14.6. The zero-order valence-electron chi connectivity index (χ0n) is 13.7. The zero-order chi connectivity index (χ0) is 16.9. The lowest BCUT2D eigenvalue weighted by molar-refractivity contribution is -0.128. The Balaban J connectivity index is 1.48. The minimum Gasteiger partial charge on any atom is -0.354 e. The standard InChI is InChI=1S/C17H22N4O2S/c1-12-4-2-5-15-13(12)10-19-21(15)8-3-7-18-17(23)14-11-24-9-6-16(22)20-14/h2,4-5,10,14H,3,6-9,11H2,1H3,(H,18,23)(H,20,22)/t14-/m1/s1. The van der Waals surface area contributed by atoms with Crippen molar-refractivity contribution in [3.63, 3.8) is 0 Å². The van der Waals surface area contributed by atoms with Crippen molar-refractivity contribution < 1.29 is 9.59 Å². The number of thioether (sulfide) groups is 1. The Kier molecular flexibility index (Phi) is 5.40. The lowest BCUT2D eigenvalue weighted by Gasteiger charge is -2.15. The molecule has 0 radical (unpaired) electrons. The third-order valence-electron chi connectivity index (χ3n) is 4.16. The van der Waals surface area contributed by atoms with E-state index in [1.165, 1.54) is 10.9 Å². The normalized spacial score (nSPS) is 18.2. The first-order valence-electron chi connectivity index (χ1n) is 8.21. The van der Waals surface area contributed by atoms with E-state index in [4.69, 9.17) is 0 Å². The lowest BCUT2D eigenvalue weighted by atomic mass is 10.1. The van der Waals surface area contributed by atoms with Gasteiger partial charge in [0.05, 0.1) is 11.7 Å². The van der Waals surface area contributed by atoms with Crippen molar-refractivity contribution in [1.29, 1.82) is 0 Å². The monoisotopic (exact) mass is 346 g/mol. The molecule has 1 saturated heterocycles. The van der Waals surface area contributed by atoms with Crippen LogP contribution in [0, 0.1) is 6.92 Å². The van der Waals surface area contributed by atoms with Gasteiger partial charge in [-0.05, 0) is 25.0 Å². The van der Waals surface area contributed by atoms with Crippen LogP contribution in [0.3, 0.4) is 0 Å². The Morgan fingerprint density at radius 1 is 1.50 bits per heavy atom. The number of nitrogens with zero attached hydrogens (tertiary/aromatic N) is 2. The minimum atomic E-state index is -0.418. The van der Waals surface area contributed by atoms with Gasteiger partial charge in [0.1, 0.15) is 6.04 Å². The average Bonchev–Trinajstić information content (AvgIpc) is 2.86. The summed E-state index contributed by atoms with van der Waals surface area (Å²) in [6, 6.07) is 5.75. The number of carbonyl (C=O) groups is 2. The van der Waals surface area contributed by atoms with Crippen molar-refractivity contribution in [2.24, 2.45) is 0 Å². The first-order chi connectivity index (χ1) is 11.6. The maximum atomic E-state index is 12.2. The highest BCUT2D eigenvalue weighted by molar-refractivity contribution is 7.99. The van der Waals surface area contributed by atoms with E-state index in [-0.39, 0.29) is 11.8 Å². The van der Waals surface area contributed by atoms with Crippen LogP contribution in [0.15, 0.2) is 24.4 Å². The van der Waals surface area contributed by atoms with E-state index >= 15 is 0 Å². The number of carbonyl (C=O) groups excluding carboxylic acids is 2. The Morgan fingerprint density at radius 2 is 2.38 bits per heavy atom. The predicted octanol–water partition coefficient (Wildman–Crippen LogP) is 1.47. The van der Waals surface area contributed by atoms with Crippen molar-refractivity contribution in [3.05, 3.63) is 30.0 Å². The van der Waals surface area contributed by atoms with Gasteiger partial charge < -0.3 is 10.6 Å². The Labute approximate surface area is 145 Å². The van der Waals surface area contributed by atoms with Gasteiger partial charge >= 0.3 is 0 Å². The van der Waals surface area contributed by atoms with Crippen LogP contribution in [0.2, 0.25) is 0 Å². The molecule has 2 amide bonds. The van der Waals surface area contributed by atoms with Gasteiger partial charge in [-0.3, -0.25) is 14.3 Å². The van der Waals surface area contributed by atoms with Crippen LogP contribution >= 0.6 is 11.8 Å². The number of aryl methyl sites for hydroxylation is 2. The summed E-state index contributed by atoms with van der Waals surface area (Å²) < 4.78 is 1.97. The molecule has 1 aliphatic heterocycles. The number of hydrogen-bond acceptors (Lipinski definition) is 4. The van der Waals surface area contributed by atoms with Crippen LogP contribution in [0.4, 0.5) is 0 Å². The molecule has 6 nitrogen and oxygen atoms in total. The molecule has 128 valence electrons. The third-order valence-corrected chi connectivity index (χ3v) is 5.22. The molecule has 1 atom stereocenters. The summed E-state index contributed by atoms with van der Waals surface area (Å²) >= 11 is 1.64. The van der Waals surface area contributed by atoms with Gasteiger partial charge in [-0.2, -0.15) is 16.9 Å². The molecule has 2 heterocycles. The van der Waals surface area contributed by atoms with Gasteiger partial charge in [0.15, 0.2) is 0 Å². The topological polar surface area (TPSA) is 76.0 Å². The highest BCUT2D eigenvalue weighted by Gasteiger charge is 2.22. The first kappa shape index (κ1) is 16.8. The number of fused-ring (bicyclic) bond motifs is 1. The second kappa shape index (κ2) is 7.70. The molecule has 1 aliphatic rings. The van der Waals surface area contributed by atoms with Gasteiger partial charge in [0, 0.05) is 36.4 Å². The predicted molar refractivity (Wildman–Crippen MR) is 96.0 cm³/mol. The van der Waals surface area contributed by atoms with E-state index in [9.17, 15) is 9.59 Å². The van der Waals surface area contributed by atoms with E-state index < -0.39 is 6.04 Å². The van der Waals surface area contributed by atoms with Gasteiger partial charge in [0.2, 0.25) is 11.8 Å². The van der Waals surface area contributed by atoms with Crippen LogP contribution in [-0.2, 0) is 16.1 Å². The Morgan fingerprint density at radius 3 is 3.25 bits per heavy atom.